The molecule has 3 heteroatoms. The van der Waals surface area contributed by atoms with E-state index in [9.17, 15) is 0 Å². The van der Waals surface area contributed by atoms with Crippen molar-refractivity contribution in [3.05, 3.63) is 40.7 Å². The summed E-state index contributed by atoms with van der Waals surface area (Å²) < 4.78 is 0. The lowest BCUT2D eigenvalue weighted by atomic mass is 10.1. The van der Waals surface area contributed by atoms with Gasteiger partial charge in [0.05, 0.1) is 5.69 Å². The van der Waals surface area contributed by atoms with E-state index in [0.717, 1.165) is 23.8 Å². The minimum Gasteiger partial charge on any atom is -0.342 e. The standard InChI is InChI=1S/C14H19N3/c1-9-5-6-12(10(2)7-9)14-16-11(3)13(17-14)8-15-4/h5-7,15H,8H2,1-4H3,(H,16,17). The highest BCUT2D eigenvalue weighted by Crippen LogP contribution is 2.22. The lowest BCUT2D eigenvalue weighted by Gasteiger charge is -2.03. The highest BCUT2D eigenvalue weighted by Gasteiger charge is 2.09. The van der Waals surface area contributed by atoms with Crippen LogP contribution in [0.2, 0.25) is 0 Å². The van der Waals surface area contributed by atoms with Gasteiger partial charge in [0.1, 0.15) is 5.82 Å². The Balaban J connectivity index is 2.42. The van der Waals surface area contributed by atoms with Crippen LogP contribution >= 0.6 is 0 Å². The molecule has 2 N–H and O–H groups in total. The Morgan fingerprint density at radius 1 is 1.24 bits per heavy atom. The van der Waals surface area contributed by atoms with Gasteiger partial charge >= 0.3 is 0 Å². The van der Waals surface area contributed by atoms with E-state index in [1.165, 1.54) is 16.7 Å². The van der Waals surface area contributed by atoms with Gasteiger partial charge in [0, 0.05) is 17.8 Å². The van der Waals surface area contributed by atoms with E-state index < -0.39 is 0 Å². The first-order valence-corrected chi connectivity index (χ1v) is 5.89. The Labute approximate surface area is 102 Å². The minimum absolute atomic E-state index is 0.799. The lowest BCUT2D eigenvalue weighted by molar-refractivity contribution is 0.791. The van der Waals surface area contributed by atoms with E-state index in [1.54, 1.807) is 0 Å². The molecular weight excluding hydrogens is 210 g/mol. The molecule has 0 spiro atoms. The number of aryl methyl sites for hydroxylation is 3. The van der Waals surface area contributed by atoms with Crippen LogP contribution in [0.5, 0.6) is 0 Å². The molecule has 0 radical (unpaired) electrons. The fourth-order valence-electron chi connectivity index (χ4n) is 2.04. The molecular formula is C14H19N3. The van der Waals surface area contributed by atoms with E-state index in [4.69, 9.17) is 0 Å². The highest BCUT2D eigenvalue weighted by atomic mass is 15.0. The highest BCUT2D eigenvalue weighted by molar-refractivity contribution is 5.61. The van der Waals surface area contributed by atoms with Crippen LogP contribution < -0.4 is 5.32 Å². The molecule has 0 saturated carbocycles. The third-order valence-electron chi connectivity index (χ3n) is 2.97. The van der Waals surface area contributed by atoms with Gasteiger partial charge in [0.25, 0.3) is 0 Å². The van der Waals surface area contributed by atoms with Crippen LogP contribution in [0.25, 0.3) is 11.4 Å². The predicted molar refractivity (Wildman–Crippen MR) is 71.0 cm³/mol. The number of hydrogen-bond donors (Lipinski definition) is 2. The summed E-state index contributed by atoms with van der Waals surface area (Å²) in [6, 6.07) is 6.44. The normalized spacial score (nSPS) is 10.8. The largest absolute Gasteiger partial charge is 0.342 e. The van der Waals surface area contributed by atoms with Crippen molar-refractivity contribution in [3.63, 3.8) is 0 Å². The molecule has 90 valence electrons. The number of nitrogens with one attached hydrogen (secondary N) is 2. The average Bonchev–Trinajstić information content (AvgIpc) is 2.60. The molecule has 3 nitrogen and oxygen atoms in total. The predicted octanol–water partition coefficient (Wildman–Crippen LogP) is 2.72. The van der Waals surface area contributed by atoms with Gasteiger partial charge < -0.3 is 10.3 Å². The smallest absolute Gasteiger partial charge is 0.138 e. The van der Waals surface area contributed by atoms with Crippen molar-refractivity contribution in [1.29, 1.82) is 0 Å². The zero-order chi connectivity index (χ0) is 12.4. The number of imidazole rings is 1. The summed E-state index contributed by atoms with van der Waals surface area (Å²) in [7, 11) is 1.94. The molecule has 0 amide bonds. The van der Waals surface area contributed by atoms with Crippen LogP contribution in [0.1, 0.15) is 22.5 Å². The van der Waals surface area contributed by atoms with Crippen LogP contribution in [0.15, 0.2) is 18.2 Å². The van der Waals surface area contributed by atoms with Crippen molar-refractivity contribution >= 4 is 0 Å². The maximum Gasteiger partial charge on any atom is 0.138 e. The average molecular weight is 229 g/mol. The number of nitrogens with zero attached hydrogens (tertiary/aromatic N) is 1. The third kappa shape index (κ3) is 2.39. The lowest BCUT2D eigenvalue weighted by Crippen LogP contribution is -2.06. The molecule has 0 aliphatic carbocycles. The molecule has 17 heavy (non-hydrogen) atoms. The maximum atomic E-state index is 4.64. The van der Waals surface area contributed by atoms with Crippen molar-refractivity contribution in [2.75, 3.05) is 7.05 Å². The Bertz CT molecular complexity index is 526. The second-order valence-corrected chi connectivity index (χ2v) is 4.51. The summed E-state index contributed by atoms with van der Waals surface area (Å²) in [5, 5.41) is 3.13. The molecule has 0 bridgehead atoms. The molecule has 2 aromatic rings. The minimum atomic E-state index is 0.799. The number of hydrogen-bond acceptors (Lipinski definition) is 2. The Kier molecular flexibility index (Phi) is 3.29. The fraction of sp³-hybridized carbons (Fsp3) is 0.357. The topological polar surface area (TPSA) is 40.7 Å². The van der Waals surface area contributed by atoms with Gasteiger partial charge in [0.2, 0.25) is 0 Å². The van der Waals surface area contributed by atoms with Gasteiger partial charge in [-0.15, -0.1) is 0 Å². The monoisotopic (exact) mass is 229 g/mol. The SMILES string of the molecule is CNCc1nc(-c2ccc(C)cc2C)[nH]c1C. The van der Waals surface area contributed by atoms with E-state index in [-0.39, 0.29) is 0 Å². The number of rotatable bonds is 3. The zero-order valence-corrected chi connectivity index (χ0v) is 10.9. The second kappa shape index (κ2) is 4.72. The first-order valence-electron chi connectivity index (χ1n) is 5.89. The van der Waals surface area contributed by atoms with Crippen molar-refractivity contribution < 1.29 is 0 Å². The molecule has 1 heterocycles. The van der Waals surface area contributed by atoms with Gasteiger partial charge in [-0.2, -0.15) is 0 Å². The van der Waals surface area contributed by atoms with Crippen LogP contribution in [0.4, 0.5) is 0 Å². The molecule has 1 aromatic heterocycles. The maximum absolute atomic E-state index is 4.64. The van der Waals surface area contributed by atoms with Crippen LogP contribution in [0.3, 0.4) is 0 Å². The first kappa shape index (κ1) is 11.9. The summed E-state index contributed by atoms with van der Waals surface area (Å²) in [5.74, 6) is 0.963. The molecule has 0 aliphatic rings. The van der Waals surface area contributed by atoms with Crippen molar-refractivity contribution in [1.82, 2.24) is 15.3 Å². The van der Waals surface area contributed by atoms with Gasteiger partial charge in [-0.1, -0.05) is 23.8 Å². The summed E-state index contributed by atoms with van der Waals surface area (Å²) in [6.07, 6.45) is 0. The van der Waals surface area contributed by atoms with Crippen molar-refractivity contribution in [2.24, 2.45) is 0 Å². The zero-order valence-electron chi connectivity index (χ0n) is 10.9. The number of benzene rings is 1. The first-order chi connectivity index (χ1) is 8.11. The number of aromatic amines is 1. The van der Waals surface area contributed by atoms with E-state index in [2.05, 4.69) is 54.3 Å². The molecule has 0 aliphatic heterocycles. The van der Waals surface area contributed by atoms with Crippen molar-refractivity contribution in [3.8, 4) is 11.4 Å². The number of aromatic nitrogens is 2. The molecule has 0 fully saturated rings. The molecule has 0 saturated heterocycles. The summed E-state index contributed by atoms with van der Waals surface area (Å²) >= 11 is 0. The van der Waals surface area contributed by atoms with E-state index in [0.29, 0.717) is 0 Å². The van der Waals surface area contributed by atoms with Gasteiger partial charge in [-0.3, -0.25) is 0 Å². The van der Waals surface area contributed by atoms with Crippen molar-refractivity contribution in [2.45, 2.75) is 27.3 Å². The Hall–Kier alpha value is -1.61. The second-order valence-electron chi connectivity index (χ2n) is 4.51. The van der Waals surface area contributed by atoms with Gasteiger partial charge in [-0.05, 0) is 33.4 Å². The third-order valence-corrected chi connectivity index (χ3v) is 2.97. The molecule has 2 rings (SSSR count). The number of H-pyrrole nitrogens is 1. The Morgan fingerprint density at radius 2 is 2.00 bits per heavy atom. The summed E-state index contributed by atoms with van der Waals surface area (Å²) in [6.45, 7) is 7.09. The molecule has 0 unspecified atom stereocenters. The van der Waals surface area contributed by atoms with Gasteiger partial charge in [-0.25, -0.2) is 4.98 Å². The summed E-state index contributed by atoms with van der Waals surface area (Å²) in [5.41, 5.74) is 5.94. The quantitative estimate of drug-likeness (QED) is 0.849. The summed E-state index contributed by atoms with van der Waals surface area (Å²) in [4.78, 5) is 8.00. The molecule has 0 atom stereocenters. The van der Waals surface area contributed by atoms with E-state index in [1.807, 2.05) is 7.05 Å². The van der Waals surface area contributed by atoms with Crippen LogP contribution in [0, 0.1) is 20.8 Å². The molecule has 1 aromatic carbocycles. The van der Waals surface area contributed by atoms with E-state index >= 15 is 0 Å². The van der Waals surface area contributed by atoms with Crippen LogP contribution in [-0.2, 0) is 6.54 Å². The fourth-order valence-corrected chi connectivity index (χ4v) is 2.04. The van der Waals surface area contributed by atoms with Gasteiger partial charge in [0.15, 0.2) is 0 Å². The van der Waals surface area contributed by atoms with Crippen LogP contribution in [-0.4, -0.2) is 17.0 Å². The Morgan fingerprint density at radius 3 is 2.65 bits per heavy atom.